The normalized spacial score (nSPS) is 15.2. The van der Waals surface area contributed by atoms with Crippen LogP contribution in [0.15, 0.2) is 60.7 Å². The van der Waals surface area contributed by atoms with Crippen LogP contribution in [0.2, 0.25) is 0 Å². The van der Waals surface area contributed by atoms with E-state index in [0.717, 1.165) is 11.1 Å². The Morgan fingerprint density at radius 2 is 1.71 bits per heavy atom. The predicted octanol–water partition coefficient (Wildman–Crippen LogP) is 3.67. The number of rotatable bonds is 6. The summed E-state index contributed by atoms with van der Waals surface area (Å²) in [5.74, 6) is -0.265. The van der Waals surface area contributed by atoms with Crippen LogP contribution >= 0.6 is 0 Å². The van der Waals surface area contributed by atoms with Crippen molar-refractivity contribution >= 4 is 17.8 Å². The van der Waals surface area contributed by atoms with Crippen molar-refractivity contribution in [3.8, 4) is 0 Å². The van der Waals surface area contributed by atoms with Crippen molar-refractivity contribution in [2.75, 3.05) is 0 Å². The molecule has 0 unspecified atom stereocenters. The highest BCUT2D eigenvalue weighted by Crippen LogP contribution is 2.47. The number of aryl methyl sites for hydroxylation is 1. The number of hydrogen-bond acceptors (Lipinski definition) is 2. The molecule has 1 aliphatic rings. The summed E-state index contributed by atoms with van der Waals surface area (Å²) in [7, 11) is 0. The second kappa shape index (κ2) is 6.83. The van der Waals surface area contributed by atoms with Crippen molar-refractivity contribution in [3.05, 3.63) is 77.4 Å². The molecule has 3 rings (SSSR count). The zero-order valence-corrected chi connectivity index (χ0v) is 13.8. The second-order valence-electron chi connectivity index (χ2n) is 6.36. The molecule has 0 aromatic heterocycles. The summed E-state index contributed by atoms with van der Waals surface area (Å²) in [4.78, 5) is 24.9. The minimum atomic E-state index is -0.851. The van der Waals surface area contributed by atoms with Crippen molar-refractivity contribution < 1.29 is 9.59 Å². The maximum atomic E-state index is 12.5. The molecule has 1 fully saturated rings. The summed E-state index contributed by atoms with van der Waals surface area (Å²) in [6.45, 7) is 2.48. The Balaban J connectivity index is 1.61. The monoisotopic (exact) mass is 319 g/mol. The molecule has 0 radical (unpaired) electrons. The average molecular weight is 319 g/mol. The first-order valence-electron chi connectivity index (χ1n) is 8.22. The maximum Gasteiger partial charge on any atom is 0.234 e. The minimum absolute atomic E-state index is 0.103. The van der Waals surface area contributed by atoms with Crippen molar-refractivity contribution in [1.82, 2.24) is 5.32 Å². The van der Waals surface area contributed by atoms with Crippen LogP contribution in [0.25, 0.3) is 6.08 Å². The predicted molar refractivity (Wildman–Crippen MR) is 95.2 cm³/mol. The van der Waals surface area contributed by atoms with Gasteiger partial charge in [0.1, 0.15) is 5.41 Å². The van der Waals surface area contributed by atoms with Gasteiger partial charge >= 0.3 is 0 Å². The third-order valence-corrected chi connectivity index (χ3v) is 4.46. The fourth-order valence-electron chi connectivity index (χ4n) is 2.67. The molecular formula is C21H21NO2. The summed E-state index contributed by atoms with van der Waals surface area (Å²) >= 11 is 0. The van der Waals surface area contributed by atoms with Gasteiger partial charge in [0.05, 0.1) is 0 Å². The van der Waals surface area contributed by atoms with Gasteiger partial charge in [-0.1, -0.05) is 66.2 Å². The molecule has 0 heterocycles. The van der Waals surface area contributed by atoms with Crippen molar-refractivity contribution in [2.45, 2.75) is 26.3 Å². The van der Waals surface area contributed by atoms with Crippen LogP contribution in [0.1, 0.15) is 29.5 Å². The molecule has 0 spiro atoms. The molecule has 0 saturated heterocycles. The third-order valence-electron chi connectivity index (χ3n) is 4.46. The van der Waals surface area contributed by atoms with Gasteiger partial charge in [-0.25, -0.2) is 0 Å². The van der Waals surface area contributed by atoms with Gasteiger partial charge in [-0.15, -0.1) is 0 Å². The van der Waals surface area contributed by atoms with Crippen LogP contribution in [0, 0.1) is 12.3 Å². The number of carbonyl (C=O) groups is 2. The number of benzene rings is 2. The topological polar surface area (TPSA) is 46.2 Å². The Kier molecular flexibility index (Phi) is 4.61. The average Bonchev–Trinajstić information content (AvgIpc) is 3.42. The van der Waals surface area contributed by atoms with Gasteiger partial charge in [0.2, 0.25) is 5.91 Å². The van der Waals surface area contributed by atoms with E-state index < -0.39 is 5.41 Å². The Morgan fingerprint density at radius 1 is 1.04 bits per heavy atom. The highest BCUT2D eigenvalue weighted by molar-refractivity contribution is 6.14. The van der Waals surface area contributed by atoms with E-state index in [9.17, 15) is 9.59 Å². The Morgan fingerprint density at radius 3 is 2.33 bits per heavy atom. The first-order valence-corrected chi connectivity index (χ1v) is 8.22. The van der Waals surface area contributed by atoms with E-state index >= 15 is 0 Å². The molecule has 2 aromatic carbocycles. The van der Waals surface area contributed by atoms with Crippen molar-refractivity contribution in [1.29, 1.82) is 0 Å². The van der Waals surface area contributed by atoms with E-state index in [0.29, 0.717) is 19.4 Å². The van der Waals surface area contributed by atoms with Crippen LogP contribution in [-0.4, -0.2) is 11.7 Å². The Bertz CT molecular complexity index is 756. The molecule has 1 N–H and O–H groups in total. The number of carbonyl (C=O) groups excluding carboxylic acids is 2. The molecule has 0 atom stereocenters. The molecule has 2 aromatic rings. The molecule has 1 saturated carbocycles. The second-order valence-corrected chi connectivity index (χ2v) is 6.36. The molecule has 1 amide bonds. The van der Waals surface area contributed by atoms with Gasteiger partial charge in [-0.05, 0) is 37.0 Å². The molecule has 24 heavy (non-hydrogen) atoms. The maximum absolute atomic E-state index is 12.5. The van der Waals surface area contributed by atoms with E-state index in [1.54, 1.807) is 12.2 Å². The number of allylic oxidation sites excluding steroid dienone is 1. The Hall–Kier alpha value is -2.68. The lowest BCUT2D eigenvalue weighted by molar-refractivity contribution is -0.133. The Labute approximate surface area is 142 Å². The number of hydrogen-bond donors (Lipinski definition) is 1. The first-order chi connectivity index (χ1) is 11.6. The van der Waals surface area contributed by atoms with Gasteiger partial charge in [0.15, 0.2) is 5.78 Å². The summed E-state index contributed by atoms with van der Waals surface area (Å²) in [6.07, 6.45) is 4.58. The van der Waals surface area contributed by atoms with Crippen LogP contribution < -0.4 is 5.32 Å². The number of nitrogens with one attached hydrogen (secondary N) is 1. The first kappa shape index (κ1) is 16.2. The minimum Gasteiger partial charge on any atom is -0.351 e. The van der Waals surface area contributed by atoms with Gasteiger partial charge in [0, 0.05) is 6.54 Å². The number of amides is 1. The standard InChI is InChI=1S/C21H21NO2/c1-16-7-9-17(10-8-16)11-12-19(23)21(13-14-21)20(24)22-15-18-5-3-2-4-6-18/h2-12H,13-15H2,1H3,(H,22,24)/b12-11-. The molecule has 3 heteroatoms. The van der Waals surface area contributed by atoms with Gasteiger partial charge in [0.25, 0.3) is 0 Å². The van der Waals surface area contributed by atoms with Gasteiger partial charge < -0.3 is 5.32 Å². The molecule has 0 bridgehead atoms. The third kappa shape index (κ3) is 3.62. The van der Waals surface area contributed by atoms with E-state index in [2.05, 4.69) is 5.32 Å². The highest BCUT2D eigenvalue weighted by atomic mass is 16.2. The molecular weight excluding hydrogens is 298 g/mol. The lowest BCUT2D eigenvalue weighted by atomic mass is 9.98. The quantitative estimate of drug-likeness (QED) is 0.652. The molecule has 1 aliphatic carbocycles. The fraction of sp³-hybridized carbons (Fsp3) is 0.238. The summed E-state index contributed by atoms with van der Waals surface area (Å²) in [5.41, 5.74) is 2.33. The number of ketones is 1. The van der Waals surface area contributed by atoms with E-state index in [-0.39, 0.29) is 11.7 Å². The van der Waals surface area contributed by atoms with Crippen molar-refractivity contribution in [2.24, 2.45) is 5.41 Å². The van der Waals surface area contributed by atoms with Crippen LogP contribution in [0.4, 0.5) is 0 Å². The van der Waals surface area contributed by atoms with E-state index in [1.807, 2.05) is 61.5 Å². The molecule has 0 aliphatic heterocycles. The SMILES string of the molecule is Cc1ccc(/C=C\C(=O)C2(C(=O)NCc3ccccc3)CC2)cc1. The van der Waals surface area contributed by atoms with E-state index in [4.69, 9.17) is 0 Å². The molecule has 122 valence electrons. The van der Waals surface area contributed by atoms with Gasteiger partial charge in [-0.2, -0.15) is 0 Å². The lowest BCUT2D eigenvalue weighted by Crippen LogP contribution is -2.36. The van der Waals surface area contributed by atoms with Crippen molar-refractivity contribution in [3.63, 3.8) is 0 Å². The summed E-state index contributed by atoms with van der Waals surface area (Å²) < 4.78 is 0. The molecule has 3 nitrogen and oxygen atoms in total. The lowest BCUT2D eigenvalue weighted by Gasteiger charge is -2.12. The largest absolute Gasteiger partial charge is 0.351 e. The van der Waals surface area contributed by atoms with Crippen LogP contribution in [0.3, 0.4) is 0 Å². The zero-order chi connectivity index (χ0) is 17.0. The fourth-order valence-corrected chi connectivity index (χ4v) is 2.67. The van der Waals surface area contributed by atoms with Crippen LogP contribution in [0.5, 0.6) is 0 Å². The zero-order valence-electron chi connectivity index (χ0n) is 13.8. The summed E-state index contributed by atoms with van der Waals surface area (Å²) in [5, 5.41) is 2.89. The smallest absolute Gasteiger partial charge is 0.234 e. The van der Waals surface area contributed by atoms with E-state index in [1.165, 1.54) is 5.56 Å². The highest BCUT2D eigenvalue weighted by Gasteiger charge is 2.54. The summed E-state index contributed by atoms with van der Waals surface area (Å²) in [6, 6.07) is 17.7. The van der Waals surface area contributed by atoms with Crippen LogP contribution in [-0.2, 0) is 16.1 Å². The van der Waals surface area contributed by atoms with Gasteiger partial charge in [-0.3, -0.25) is 9.59 Å².